The van der Waals surface area contributed by atoms with E-state index in [9.17, 15) is 4.79 Å². The van der Waals surface area contributed by atoms with Gasteiger partial charge < -0.3 is 9.80 Å². The molecule has 1 saturated heterocycles. The molecular weight excluding hydrogens is 188 g/mol. The van der Waals surface area contributed by atoms with Crippen molar-refractivity contribution >= 4 is 5.91 Å². The Labute approximate surface area is 94.4 Å². The second kappa shape index (κ2) is 7.69. The first-order valence-electron chi connectivity index (χ1n) is 6.08. The van der Waals surface area contributed by atoms with E-state index in [1.165, 1.54) is 0 Å². The molecule has 1 rings (SSSR count). The molecule has 1 amide bonds. The molecule has 0 saturated carbocycles. The van der Waals surface area contributed by atoms with Crippen LogP contribution in [0, 0.1) is 5.92 Å². The highest BCUT2D eigenvalue weighted by Crippen LogP contribution is 2.19. The van der Waals surface area contributed by atoms with Crippen LogP contribution in [0.15, 0.2) is 0 Å². The minimum atomic E-state index is 0.291. The van der Waals surface area contributed by atoms with Crippen LogP contribution in [-0.4, -0.2) is 49.4 Å². The molecule has 1 atom stereocenters. The monoisotopic (exact) mass is 214 g/mol. The summed E-state index contributed by atoms with van der Waals surface area (Å²) >= 11 is 0. The number of carbonyl (C=O) groups excluding carboxylic acids is 1. The second-order valence-electron chi connectivity index (χ2n) is 3.93. The van der Waals surface area contributed by atoms with E-state index in [-0.39, 0.29) is 0 Å². The first kappa shape index (κ1) is 14.4. The molecule has 0 radical (unpaired) electrons. The van der Waals surface area contributed by atoms with Crippen LogP contribution >= 0.6 is 0 Å². The zero-order valence-electron chi connectivity index (χ0n) is 10.9. The first-order valence-corrected chi connectivity index (χ1v) is 6.08. The number of hydrogen-bond acceptors (Lipinski definition) is 2. The summed E-state index contributed by atoms with van der Waals surface area (Å²) in [5.74, 6) is 0.628. The van der Waals surface area contributed by atoms with Gasteiger partial charge in [0.25, 0.3) is 0 Å². The molecule has 0 aromatic carbocycles. The Hall–Kier alpha value is -0.570. The molecule has 3 heteroatoms. The molecule has 3 nitrogen and oxygen atoms in total. The van der Waals surface area contributed by atoms with Gasteiger partial charge in [0.1, 0.15) is 0 Å². The summed E-state index contributed by atoms with van der Waals surface area (Å²) in [5.41, 5.74) is 0. The number of likely N-dealkylation sites (tertiary alicyclic amines) is 1. The highest BCUT2D eigenvalue weighted by molar-refractivity contribution is 5.80. The lowest BCUT2D eigenvalue weighted by Crippen LogP contribution is -2.26. The molecule has 0 aromatic rings. The lowest BCUT2D eigenvalue weighted by atomic mass is 10.0. The molecule has 1 aliphatic heterocycles. The number of nitrogens with zero attached hydrogens (tertiary/aromatic N) is 2. The third kappa shape index (κ3) is 4.65. The normalized spacial score (nSPS) is 20.5. The van der Waals surface area contributed by atoms with Crippen LogP contribution in [0.3, 0.4) is 0 Å². The maximum Gasteiger partial charge on any atom is 0.225 e. The maximum absolute atomic E-state index is 11.5. The second-order valence-corrected chi connectivity index (χ2v) is 3.93. The third-order valence-electron chi connectivity index (χ3n) is 2.94. The zero-order valence-corrected chi connectivity index (χ0v) is 10.9. The summed E-state index contributed by atoms with van der Waals surface area (Å²) in [4.78, 5) is 15.6. The van der Waals surface area contributed by atoms with Crippen molar-refractivity contribution in [1.29, 1.82) is 0 Å². The topological polar surface area (TPSA) is 23.6 Å². The van der Waals surface area contributed by atoms with Crippen molar-refractivity contribution < 1.29 is 4.79 Å². The first-order chi connectivity index (χ1) is 7.15. The fraction of sp³-hybridized carbons (Fsp3) is 0.917. The van der Waals surface area contributed by atoms with Crippen LogP contribution in [0.1, 0.15) is 33.6 Å². The van der Waals surface area contributed by atoms with Crippen LogP contribution in [0.5, 0.6) is 0 Å². The summed E-state index contributed by atoms with van der Waals surface area (Å²) < 4.78 is 0. The van der Waals surface area contributed by atoms with Crippen LogP contribution in [0.4, 0.5) is 0 Å². The lowest BCUT2D eigenvalue weighted by molar-refractivity contribution is -0.130. The van der Waals surface area contributed by atoms with Gasteiger partial charge in [-0.2, -0.15) is 0 Å². The molecule has 1 fully saturated rings. The summed E-state index contributed by atoms with van der Waals surface area (Å²) in [5, 5.41) is 0. The summed E-state index contributed by atoms with van der Waals surface area (Å²) in [6, 6.07) is 0. The van der Waals surface area contributed by atoms with Crippen molar-refractivity contribution in [3.05, 3.63) is 0 Å². The minimum Gasteiger partial charge on any atom is -0.345 e. The Morgan fingerprint density at radius 2 is 2.07 bits per heavy atom. The maximum atomic E-state index is 11.5. The highest BCUT2D eigenvalue weighted by Gasteiger charge is 2.28. The predicted molar refractivity (Wildman–Crippen MR) is 64.9 cm³/mol. The van der Waals surface area contributed by atoms with Crippen LogP contribution in [0.2, 0.25) is 0 Å². The summed E-state index contributed by atoms with van der Waals surface area (Å²) in [6.07, 6.45) is 2.07. The van der Waals surface area contributed by atoms with E-state index in [2.05, 4.69) is 18.9 Å². The van der Waals surface area contributed by atoms with Crippen molar-refractivity contribution in [3.63, 3.8) is 0 Å². The van der Waals surface area contributed by atoms with E-state index in [0.717, 1.165) is 32.5 Å². The zero-order chi connectivity index (χ0) is 11.8. The fourth-order valence-electron chi connectivity index (χ4n) is 1.70. The molecule has 15 heavy (non-hydrogen) atoms. The number of carbonyl (C=O) groups is 1. The average molecular weight is 214 g/mol. The third-order valence-corrected chi connectivity index (χ3v) is 2.94. The molecule has 90 valence electrons. The average Bonchev–Trinajstić information content (AvgIpc) is 2.59. The van der Waals surface area contributed by atoms with Crippen LogP contribution in [-0.2, 0) is 4.79 Å². The lowest BCUT2D eigenvalue weighted by Gasteiger charge is -2.16. The molecule has 0 spiro atoms. The van der Waals surface area contributed by atoms with Gasteiger partial charge in [0, 0.05) is 19.5 Å². The Kier molecular flexibility index (Phi) is 7.39. The quantitative estimate of drug-likeness (QED) is 0.713. The van der Waals surface area contributed by atoms with Crippen molar-refractivity contribution in [2.24, 2.45) is 5.92 Å². The molecule has 1 unspecified atom stereocenters. The molecule has 0 N–H and O–H groups in total. The van der Waals surface area contributed by atoms with E-state index in [4.69, 9.17) is 0 Å². The van der Waals surface area contributed by atoms with Crippen LogP contribution < -0.4 is 0 Å². The highest BCUT2D eigenvalue weighted by atomic mass is 16.2. The van der Waals surface area contributed by atoms with Gasteiger partial charge in [-0.05, 0) is 33.0 Å². The number of rotatable bonds is 4. The smallest absolute Gasteiger partial charge is 0.225 e. The van der Waals surface area contributed by atoms with E-state index >= 15 is 0 Å². The predicted octanol–water partition coefficient (Wildman–Crippen LogP) is 1.83. The molecule has 1 heterocycles. The Morgan fingerprint density at radius 3 is 2.47 bits per heavy atom. The van der Waals surface area contributed by atoms with Gasteiger partial charge in [-0.3, -0.25) is 4.79 Å². The van der Waals surface area contributed by atoms with Crippen molar-refractivity contribution in [2.75, 3.05) is 33.7 Å². The molecule has 1 aliphatic rings. The van der Waals surface area contributed by atoms with Gasteiger partial charge in [0.15, 0.2) is 0 Å². The van der Waals surface area contributed by atoms with Crippen LogP contribution in [0.25, 0.3) is 0 Å². The molecule has 0 aromatic heterocycles. The van der Waals surface area contributed by atoms with Gasteiger partial charge in [-0.15, -0.1) is 0 Å². The van der Waals surface area contributed by atoms with Gasteiger partial charge in [-0.25, -0.2) is 0 Å². The van der Waals surface area contributed by atoms with Crippen molar-refractivity contribution in [1.82, 2.24) is 9.80 Å². The SMILES string of the molecule is CC.CCN(C)CCC1CCN(C)C1=O. The standard InChI is InChI=1S/C10H20N2O.C2H6/c1-4-11(2)7-5-9-6-8-12(3)10(9)13;1-2/h9H,4-8H2,1-3H3;1-2H3. The number of amides is 1. The fourth-order valence-corrected chi connectivity index (χ4v) is 1.70. The van der Waals surface area contributed by atoms with Gasteiger partial charge >= 0.3 is 0 Å². The van der Waals surface area contributed by atoms with Crippen molar-refractivity contribution in [3.8, 4) is 0 Å². The Bertz CT molecular complexity index is 182. The summed E-state index contributed by atoms with van der Waals surface area (Å²) in [7, 11) is 4.00. The van der Waals surface area contributed by atoms with Gasteiger partial charge in [0.2, 0.25) is 5.91 Å². The van der Waals surface area contributed by atoms with E-state index in [0.29, 0.717) is 11.8 Å². The van der Waals surface area contributed by atoms with E-state index in [1.807, 2.05) is 25.8 Å². The minimum absolute atomic E-state index is 0.291. The Balaban J connectivity index is 0.000000921. The van der Waals surface area contributed by atoms with Gasteiger partial charge in [-0.1, -0.05) is 20.8 Å². The Morgan fingerprint density at radius 1 is 1.47 bits per heavy atom. The summed E-state index contributed by atoms with van der Waals surface area (Å²) in [6.45, 7) is 9.19. The van der Waals surface area contributed by atoms with Gasteiger partial charge in [0.05, 0.1) is 0 Å². The van der Waals surface area contributed by atoms with E-state index < -0.39 is 0 Å². The molecular formula is C12H26N2O. The van der Waals surface area contributed by atoms with Crippen molar-refractivity contribution in [2.45, 2.75) is 33.6 Å². The molecule has 0 aliphatic carbocycles. The van der Waals surface area contributed by atoms with E-state index in [1.54, 1.807) is 0 Å². The molecule has 0 bridgehead atoms. The largest absolute Gasteiger partial charge is 0.345 e. The number of hydrogen-bond donors (Lipinski definition) is 0.